The van der Waals surface area contributed by atoms with E-state index in [0.717, 1.165) is 38.1 Å². The fraction of sp³-hybridized carbons (Fsp3) is 0.600. The maximum absolute atomic E-state index is 6.45. The van der Waals surface area contributed by atoms with E-state index < -0.39 is 0 Å². The third kappa shape index (κ3) is 3.69. The quantitative estimate of drug-likeness (QED) is 0.639. The fourth-order valence-electron chi connectivity index (χ4n) is 2.51. The van der Waals surface area contributed by atoms with Crippen LogP contribution in [0, 0.1) is 5.92 Å². The first kappa shape index (κ1) is 14.3. The molecule has 0 radical (unpaired) electrons. The molecule has 2 atom stereocenters. The number of likely N-dealkylation sites (tertiary alicyclic amines) is 1. The number of nitrogens with zero attached hydrogens (tertiary/aromatic N) is 1. The number of rotatable bonds is 3. The van der Waals surface area contributed by atoms with E-state index in [4.69, 9.17) is 22.1 Å². The minimum Gasteiger partial charge on any atom is -0.493 e. The van der Waals surface area contributed by atoms with Crippen molar-refractivity contribution in [2.45, 2.75) is 37.7 Å². The van der Waals surface area contributed by atoms with E-state index in [1.54, 1.807) is 0 Å². The average molecular weight is 283 g/mol. The van der Waals surface area contributed by atoms with Gasteiger partial charge in [0.05, 0.1) is 11.2 Å². The number of hydrogen-bond acceptors (Lipinski definition) is 3. The number of hydrogen-bond donors (Lipinski definition) is 1. The summed E-state index contributed by atoms with van der Waals surface area (Å²) in [5.41, 5.74) is 5.71. The number of nitrogens with two attached hydrogens (primary N) is 1. The first-order chi connectivity index (χ1) is 9.08. The van der Waals surface area contributed by atoms with Gasteiger partial charge in [-0.25, -0.2) is 0 Å². The van der Waals surface area contributed by atoms with Crippen LogP contribution in [0.3, 0.4) is 0 Å². The van der Waals surface area contributed by atoms with E-state index >= 15 is 0 Å². The smallest absolute Gasteiger partial charge is 0.111 e. The van der Waals surface area contributed by atoms with Crippen LogP contribution in [0.4, 0.5) is 0 Å². The zero-order valence-corrected chi connectivity index (χ0v) is 12.3. The molecule has 0 aromatic heterocycles. The summed E-state index contributed by atoms with van der Waals surface area (Å²) in [6, 6.07) is 0. The molecule has 0 amide bonds. The molecule has 1 heterocycles. The molecule has 0 aromatic rings. The lowest BCUT2D eigenvalue weighted by Gasteiger charge is -2.34. The van der Waals surface area contributed by atoms with Gasteiger partial charge < -0.3 is 15.4 Å². The number of allylic oxidation sites excluding steroid dienone is 4. The average Bonchev–Trinajstić information content (AvgIpc) is 2.55. The minimum atomic E-state index is -0.0544. The predicted octanol–water partition coefficient (Wildman–Crippen LogP) is 2.98. The molecule has 2 unspecified atom stereocenters. The molecule has 2 rings (SSSR count). The lowest BCUT2D eigenvalue weighted by molar-refractivity contribution is 0.0545. The van der Waals surface area contributed by atoms with Gasteiger partial charge in [0.1, 0.15) is 11.9 Å². The summed E-state index contributed by atoms with van der Waals surface area (Å²) in [6.07, 6.45) is 9.50. The van der Waals surface area contributed by atoms with Crippen LogP contribution in [0.25, 0.3) is 0 Å². The highest BCUT2D eigenvalue weighted by Crippen LogP contribution is 2.28. The van der Waals surface area contributed by atoms with Crippen molar-refractivity contribution < 1.29 is 4.74 Å². The molecule has 2 aliphatic rings. The molecule has 1 fully saturated rings. The number of alkyl halides is 1. The van der Waals surface area contributed by atoms with Gasteiger partial charge in [0.15, 0.2) is 0 Å². The Morgan fingerprint density at radius 1 is 1.47 bits per heavy atom. The number of piperidine rings is 1. The van der Waals surface area contributed by atoms with Crippen LogP contribution in [0.1, 0.15) is 26.2 Å². The molecule has 0 aromatic carbocycles. The van der Waals surface area contributed by atoms with E-state index in [0.29, 0.717) is 11.7 Å². The monoisotopic (exact) mass is 282 g/mol. The zero-order chi connectivity index (χ0) is 13.8. The summed E-state index contributed by atoms with van der Waals surface area (Å²) in [5.74, 6) is 1.91. The van der Waals surface area contributed by atoms with Crippen molar-refractivity contribution in [3.8, 4) is 0 Å². The predicted molar refractivity (Wildman–Crippen MR) is 79.7 cm³/mol. The van der Waals surface area contributed by atoms with Crippen molar-refractivity contribution in [3.05, 3.63) is 36.4 Å². The van der Waals surface area contributed by atoms with Gasteiger partial charge in [-0.3, -0.25) is 0 Å². The van der Waals surface area contributed by atoms with E-state index in [1.165, 1.54) is 0 Å². The van der Waals surface area contributed by atoms with Crippen LogP contribution in [0.2, 0.25) is 0 Å². The summed E-state index contributed by atoms with van der Waals surface area (Å²) in [5, 5.41) is -0.0544. The second-order valence-electron chi connectivity index (χ2n) is 5.33. The Bertz CT molecular complexity index is 384. The van der Waals surface area contributed by atoms with Gasteiger partial charge in [-0.05, 0) is 18.4 Å². The van der Waals surface area contributed by atoms with E-state index in [2.05, 4.69) is 36.6 Å². The molecule has 1 aliphatic heterocycles. The minimum absolute atomic E-state index is 0.0544. The van der Waals surface area contributed by atoms with Crippen LogP contribution in [-0.4, -0.2) is 29.5 Å². The molecule has 0 spiro atoms. The maximum atomic E-state index is 6.45. The Balaban J connectivity index is 1.88. The van der Waals surface area contributed by atoms with Gasteiger partial charge in [-0.2, -0.15) is 0 Å². The second-order valence-corrected chi connectivity index (χ2v) is 5.80. The Morgan fingerprint density at radius 2 is 2.16 bits per heavy atom. The third-order valence-electron chi connectivity index (χ3n) is 3.78. The highest BCUT2D eigenvalue weighted by Gasteiger charge is 2.25. The lowest BCUT2D eigenvalue weighted by atomic mass is 10.1. The number of ether oxygens (including phenoxy) is 1. The van der Waals surface area contributed by atoms with Crippen molar-refractivity contribution in [2.75, 3.05) is 13.1 Å². The van der Waals surface area contributed by atoms with Gasteiger partial charge in [-0.1, -0.05) is 25.7 Å². The zero-order valence-electron chi connectivity index (χ0n) is 11.5. The van der Waals surface area contributed by atoms with Crippen molar-refractivity contribution in [2.24, 2.45) is 11.7 Å². The van der Waals surface area contributed by atoms with Crippen molar-refractivity contribution in [1.82, 2.24) is 4.90 Å². The van der Waals surface area contributed by atoms with Crippen LogP contribution in [0.15, 0.2) is 36.4 Å². The Morgan fingerprint density at radius 3 is 2.79 bits per heavy atom. The lowest BCUT2D eigenvalue weighted by Crippen LogP contribution is -2.38. The van der Waals surface area contributed by atoms with Gasteiger partial charge in [0.2, 0.25) is 0 Å². The van der Waals surface area contributed by atoms with Crippen LogP contribution >= 0.6 is 11.6 Å². The van der Waals surface area contributed by atoms with Crippen molar-refractivity contribution in [1.29, 1.82) is 0 Å². The van der Waals surface area contributed by atoms with Gasteiger partial charge >= 0.3 is 0 Å². The summed E-state index contributed by atoms with van der Waals surface area (Å²) in [4.78, 5) is 2.10. The largest absolute Gasteiger partial charge is 0.493 e. The Hall–Kier alpha value is -1.09. The molecular weight excluding hydrogens is 260 g/mol. The molecule has 0 saturated carbocycles. The molecule has 106 valence electrons. The SMILES string of the molecule is C=C(N)N1CCC(OC2=CCC=CC(C)C2Cl)CC1. The van der Waals surface area contributed by atoms with Crippen molar-refractivity contribution in [3.63, 3.8) is 0 Å². The topological polar surface area (TPSA) is 38.5 Å². The molecule has 1 aliphatic carbocycles. The van der Waals surface area contributed by atoms with Crippen LogP contribution in [-0.2, 0) is 4.74 Å². The molecule has 1 saturated heterocycles. The number of halogens is 1. The van der Waals surface area contributed by atoms with Crippen molar-refractivity contribution >= 4 is 11.6 Å². The van der Waals surface area contributed by atoms with Gasteiger partial charge in [-0.15, -0.1) is 11.6 Å². The summed E-state index contributed by atoms with van der Waals surface area (Å²) >= 11 is 6.45. The van der Waals surface area contributed by atoms with Crippen LogP contribution in [0.5, 0.6) is 0 Å². The standard InChI is InChI=1S/C15H23ClN2O/c1-11-5-3-4-6-14(15(11)16)19-13-7-9-18(10-8-13)12(2)17/h3,5-6,11,13,15H,2,4,7-10,17H2,1H3. The molecule has 2 N–H and O–H groups in total. The first-order valence-corrected chi connectivity index (χ1v) is 7.38. The van der Waals surface area contributed by atoms with Gasteiger partial charge in [0, 0.05) is 25.9 Å². The molecule has 4 heteroatoms. The summed E-state index contributed by atoms with van der Waals surface area (Å²) in [6.45, 7) is 7.72. The van der Waals surface area contributed by atoms with E-state index in [1.807, 2.05) is 0 Å². The molecule has 19 heavy (non-hydrogen) atoms. The highest BCUT2D eigenvalue weighted by atomic mass is 35.5. The summed E-state index contributed by atoms with van der Waals surface area (Å²) in [7, 11) is 0. The molecular formula is C15H23ClN2O. The maximum Gasteiger partial charge on any atom is 0.111 e. The Labute approximate surface area is 120 Å². The fourth-order valence-corrected chi connectivity index (χ4v) is 2.74. The summed E-state index contributed by atoms with van der Waals surface area (Å²) < 4.78 is 6.12. The molecule has 3 nitrogen and oxygen atoms in total. The highest BCUT2D eigenvalue weighted by molar-refractivity contribution is 6.22. The third-order valence-corrected chi connectivity index (χ3v) is 4.39. The first-order valence-electron chi connectivity index (χ1n) is 6.94. The normalized spacial score (nSPS) is 28.7. The van der Waals surface area contributed by atoms with Crippen LogP contribution < -0.4 is 5.73 Å². The molecule has 0 bridgehead atoms. The van der Waals surface area contributed by atoms with E-state index in [9.17, 15) is 0 Å². The second kappa shape index (κ2) is 6.38. The van der Waals surface area contributed by atoms with Gasteiger partial charge in [0.25, 0.3) is 0 Å². The Kier molecular flexibility index (Phi) is 4.81. The van der Waals surface area contributed by atoms with E-state index in [-0.39, 0.29) is 11.5 Å².